The number of carbonyl (C=O) groups is 1. The normalized spacial score (nSPS) is 17.5. The largest absolute Gasteiger partial charge is 0.368 e. The minimum atomic E-state index is -0.980. The van der Waals surface area contributed by atoms with E-state index >= 15 is 0 Å². The van der Waals surface area contributed by atoms with E-state index in [1.54, 1.807) is 6.92 Å². The van der Waals surface area contributed by atoms with Crippen LogP contribution in [0.1, 0.15) is 18.1 Å². The molecule has 0 radical (unpaired) electrons. The molecule has 4 heteroatoms. The van der Waals surface area contributed by atoms with Gasteiger partial charge in [0.1, 0.15) is 5.54 Å². The summed E-state index contributed by atoms with van der Waals surface area (Å²) in [4.78, 5) is 17.1. The number of nitrogens with zero attached hydrogens (tertiary/aromatic N) is 2. The van der Waals surface area contributed by atoms with Crippen molar-refractivity contribution in [2.75, 3.05) is 31.1 Å². The molecule has 3 rings (SSSR count). The van der Waals surface area contributed by atoms with Gasteiger partial charge in [0.2, 0.25) is 5.91 Å². The lowest BCUT2D eigenvalue weighted by Crippen LogP contribution is -2.56. The maximum atomic E-state index is 12.9. The van der Waals surface area contributed by atoms with E-state index in [4.69, 9.17) is 5.73 Å². The quantitative estimate of drug-likeness (QED) is 0.944. The number of hydrogen-bond acceptors (Lipinski definition) is 3. The lowest BCUT2D eigenvalue weighted by atomic mass is 9.91. The number of piperazine rings is 1. The number of carbonyl (C=O) groups excluding carboxylic acids is 1. The molecule has 0 aliphatic carbocycles. The van der Waals surface area contributed by atoms with Gasteiger partial charge in [-0.25, -0.2) is 0 Å². The molecule has 1 unspecified atom stereocenters. The smallest absolute Gasteiger partial charge is 0.247 e. The Morgan fingerprint density at radius 1 is 0.958 bits per heavy atom. The molecule has 2 aromatic carbocycles. The molecule has 1 atom stereocenters. The first-order valence-corrected chi connectivity index (χ1v) is 8.44. The molecule has 126 valence electrons. The number of nitrogens with two attached hydrogens (primary N) is 1. The SMILES string of the molecule is Cc1ccccc1N1CCN(C(=O)C(C)(N)c2ccccc2)CC1. The summed E-state index contributed by atoms with van der Waals surface area (Å²) in [5, 5.41) is 0. The number of hydrogen-bond donors (Lipinski definition) is 1. The molecule has 0 spiro atoms. The summed E-state index contributed by atoms with van der Waals surface area (Å²) in [6.07, 6.45) is 0. The topological polar surface area (TPSA) is 49.6 Å². The molecule has 1 aliphatic rings. The van der Waals surface area contributed by atoms with Gasteiger partial charge < -0.3 is 15.5 Å². The summed E-state index contributed by atoms with van der Waals surface area (Å²) in [5.41, 5.74) is 8.78. The second-order valence-corrected chi connectivity index (χ2v) is 6.63. The Labute approximate surface area is 143 Å². The predicted molar refractivity (Wildman–Crippen MR) is 98.0 cm³/mol. The number of rotatable bonds is 3. The Kier molecular flexibility index (Phi) is 4.58. The highest BCUT2D eigenvalue weighted by Gasteiger charge is 2.35. The summed E-state index contributed by atoms with van der Waals surface area (Å²) < 4.78 is 0. The van der Waals surface area contributed by atoms with Crippen LogP contribution in [0.4, 0.5) is 5.69 Å². The third-order valence-electron chi connectivity index (χ3n) is 4.84. The molecule has 4 nitrogen and oxygen atoms in total. The number of para-hydroxylation sites is 1. The molecule has 0 aromatic heterocycles. The fourth-order valence-electron chi connectivity index (χ4n) is 3.30. The third kappa shape index (κ3) is 3.15. The van der Waals surface area contributed by atoms with Crippen LogP contribution in [0, 0.1) is 6.92 Å². The van der Waals surface area contributed by atoms with Crippen LogP contribution in [0.3, 0.4) is 0 Å². The first-order valence-electron chi connectivity index (χ1n) is 8.44. The van der Waals surface area contributed by atoms with Crippen molar-refractivity contribution in [1.29, 1.82) is 0 Å². The van der Waals surface area contributed by atoms with Gasteiger partial charge >= 0.3 is 0 Å². The van der Waals surface area contributed by atoms with Crippen LogP contribution in [-0.2, 0) is 10.3 Å². The summed E-state index contributed by atoms with van der Waals surface area (Å²) in [7, 11) is 0. The molecule has 1 fully saturated rings. The highest BCUT2D eigenvalue weighted by atomic mass is 16.2. The van der Waals surface area contributed by atoms with Crippen LogP contribution in [-0.4, -0.2) is 37.0 Å². The minimum Gasteiger partial charge on any atom is -0.368 e. The van der Waals surface area contributed by atoms with Crippen LogP contribution in [0.15, 0.2) is 54.6 Å². The Bertz CT molecular complexity index is 704. The van der Waals surface area contributed by atoms with Gasteiger partial charge in [0.15, 0.2) is 0 Å². The van der Waals surface area contributed by atoms with E-state index in [2.05, 4.69) is 36.1 Å². The lowest BCUT2D eigenvalue weighted by Gasteiger charge is -2.40. The van der Waals surface area contributed by atoms with Gasteiger partial charge in [0.25, 0.3) is 0 Å². The maximum absolute atomic E-state index is 12.9. The highest BCUT2D eigenvalue weighted by Crippen LogP contribution is 2.24. The Hall–Kier alpha value is -2.33. The zero-order valence-electron chi connectivity index (χ0n) is 14.4. The fourth-order valence-corrected chi connectivity index (χ4v) is 3.30. The van der Waals surface area contributed by atoms with Crippen molar-refractivity contribution in [2.24, 2.45) is 5.73 Å². The van der Waals surface area contributed by atoms with Crippen LogP contribution >= 0.6 is 0 Å². The number of aryl methyl sites for hydroxylation is 1. The van der Waals surface area contributed by atoms with Gasteiger partial charge in [-0.2, -0.15) is 0 Å². The summed E-state index contributed by atoms with van der Waals surface area (Å²) in [5.74, 6) is -0.00173. The molecular weight excluding hydrogens is 298 g/mol. The molecule has 1 aliphatic heterocycles. The van der Waals surface area contributed by atoms with Crippen LogP contribution in [0.2, 0.25) is 0 Å². The zero-order chi connectivity index (χ0) is 17.2. The van der Waals surface area contributed by atoms with Gasteiger partial charge in [-0.1, -0.05) is 48.5 Å². The second kappa shape index (κ2) is 6.65. The monoisotopic (exact) mass is 323 g/mol. The van der Waals surface area contributed by atoms with Crippen molar-refractivity contribution in [3.63, 3.8) is 0 Å². The van der Waals surface area contributed by atoms with E-state index in [1.165, 1.54) is 11.3 Å². The van der Waals surface area contributed by atoms with E-state index in [1.807, 2.05) is 35.2 Å². The molecule has 1 amide bonds. The summed E-state index contributed by atoms with van der Waals surface area (Å²) in [6.45, 7) is 7.00. The molecule has 1 saturated heterocycles. The molecule has 1 heterocycles. The lowest BCUT2D eigenvalue weighted by molar-refractivity contribution is -0.137. The summed E-state index contributed by atoms with van der Waals surface area (Å²) in [6, 6.07) is 18.0. The van der Waals surface area contributed by atoms with Gasteiger partial charge in [-0.15, -0.1) is 0 Å². The van der Waals surface area contributed by atoms with Crippen LogP contribution in [0.5, 0.6) is 0 Å². The van der Waals surface area contributed by atoms with Gasteiger partial charge in [0, 0.05) is 31.9 Å². The van der Waals surface area contributed by atoms with Crippen molar-refractivity contribution >= 4 is 11.6 Å². The molecule has 24 heavy (non-hydrogen) atoms. The molecule has 2 aromatic rings. The van der Waals surface area contributed by atoms with E-state index in [0.29, 0.717) is 13.1 Å². The Morgan fingerprint density at radius 3 is 2.17 bits per heavy atom. The first-order chi connectivity index (χ1) is 11.5. The average molecular weight is 323 g/mol. The standard InChI is InChI=1S/C20H25N3O/c1-16-8-6-7-11-18(16)22-12-14-23(15-13-22)19(24)20(2,21)17-9-4-3-5-10-17/h3-11H,12-15,21H2,1-2H3. The van der Waals surface area contributed by atoms with Gasteiger partial charge in [0.05, 0.1) is 0 Å². The molecule has 0 saturated carbocycles. The second-order valence-electron chi connectivity index (χ2n) is 6.63. The van der Waals surface area contributed by atoms with Crippen LogP contribution in [0.25, 0.3) is 0 Å². The van der Waals surface area contributed by atoms with Crippen molar-refractivity contribution < 1.29 is 4.79 Å². The van der Waals surface area contributed by atoms with E-state index < -0.39 is 5.54 Å². The van der Waals surface area contributed by atoms with Crippen molar-refractivity contribution in [3.8, 4) is 0 Å². The minimum absolute atomic E-state index is 0.00173. The van der Waals surface area contributed by atoms with E-state index in [9.17, 15) is 4.79 Å². The van der Waals surface area contributed by atoms with Gasteiger partial charge in [-0.3, -0.25) is 4.79 Å². The zero-order valence-corrected chi connectivity index (χ0v) is 14.4. The highest BCUT2D eigenvalue weighted by molar-refractivity contribution is 5.87. The van der Waals surface area contributed by atoms with Crippen LogP contribution < -0.4 is 10.6 Å². The number of amides is 1. The molecule has 0 bridgehead atoms. The summed E-state index contributed by atoms with van der Waals surface area (Å²) >= 11 is 0. The molecular formula is C20H25N3O. The maximum Gasteiger partial charge on any atom is 0.247 e. The first kappa shape index (κ1) is 16.5. The molecule has 2 N–H and O–H groups in total. The average Bonchev–Trinajstić information content (AvgIpc) is 2.62. The van der Waals surface area contributed by atoms with E-state index in [0.717, 1.165) is 18.7 Å². The van der Waals surface area contributed by atoms with Crippen molar-refractivity contribution in [1.82, 2.24) is 4.90 Å². The Balaban J connectivity index is 1.68. The fraction of sp³-hybridized carbons (Fsp3) is 0.350. The number of anilines is 1. The number of benzene rings is 2. The predicted octanol–water partition coefficient (Wildman–Crippen LogP) is 2.52. The van der Waals surface area contributed by atoms with Crippen molar-refractivity contribution in [3.05, 3.63) is 65.7 Å². The van der Waals surface area contributed by atoms with Crippen molar-refractivity contribution in [2.45, 2.75) is 19.4 Å². The third-order valence-corrected chi connectivity index (χ3v) is 4.84. The van der Waals surface area contributed by atoms with Gasteiger partial charge in [-0.05, 0) is 31.0 Å². The van der Waals surface area contributed by atoms with E-state index in [-0.39, 0.29) is 5.91 Å². The Morgan fingerprint density at radius 2 is 1.54 bits per heavy atom.